The molecule has 106 valence electrons. The van der Waals surface area contributed by atoms with E-state index in [0.29, 0.717) is 17.3 Å². The van der Waals surface area contributed by atoms with Crippen LogP contribution < -0.4 is 15.2 Å². The summed E-state index contributed by atoms with van der Waals surface area (Å²) in [4.78, 5) is 3.89. The first kappa shape index (κ1) is 14.1. The molecule has 2 aromatic rings. The quantitative estimate of drug-likeness (QED) is 0.787. The van der Waals surface area contributed by atoms with Gasteiger partial charge in [-0.15, -0.1) is 0 Å². The summed E-state index contributed by atoms with van der Waals surface area (Å²) in [5.74, 6) is 0.709. The highest BCUT2D eigenvalue weighted by Crippen LogP contribution is 2.13. The Morgan fingerprint density at radius 2 is 1.90 bits per heavy atom. The van der Waals surface area contributed by atoms with Crippen LogP contribution in [0, 0.1) is 0 Å². The molecule has 1 heterocycles. The first-order chi connectivity index (χ1) is 9.55. The van der Waals surface area contributed by atoms with Crippen molar-refractivity contribution in [3.05, 3.63) is 48.7 Å². The lowest BCUT2D eigenvalue weighted by Crippen LogP contribution is -2.21. The zero-order valence-corrected chi connectivity index (χ0v) is 11.5. The molecule has 0 radical (unpaired) electrons. The predicted molar refractivity (Wildman–Crippen MR) is 78.0 cm³/mol. The second kappa shape index (κ2) is 6.25. The highest BCUT2D eigenvalue weighted by atomic mass is 32.2. The lowest BCUT2D eigenvalue weighted by atomic mass is 10.3. The summed E-state index contributed by atoms with van der Waals surface area (Å²) >= 11 is 0. The highest BCUT2D eigenvalue weighted by molar-refractivity contribution is 7.92. The van der Waals surface area contributed by atoms with E-state index in [2.05, 4.69) is 9.71 Å². The Kier molecular flexibility index (Phi) is 4.41. The van der Waals surface area contributed by atoms with Gasteiger partial charge in [-0.05, 0) is 36.4 Å². The minimum Gasteiger partial charge on any atom is -0.492 e. The monoisotopic (exact) mass is 293 g/mol. The van der Waals surface area contributed by atoms with E-state index in [1.54, 1.807) is 42.5 Å². The van der Waals surface area contributed by atoms with Gasteiger partial charge in [0.05, 0.1) is 0 Å². The first-order valence-electron chi connectivity index (χ1n) is 5.95. The molecule has 2 rings (SSSR count). The molecule has 1 aromatic carbocycles. The number of rotatable bonds is 6. The van der Waals surface area contributed by atoms with Crippen molar-refractivity contribution in [3.63, 3.8) is 0 Å². The zero-order chi connectivity index (χ0) is 14.4. The van der Waals surface area contributed by atoms with Crippen molar-refractivity contribution in [1.29, 1.82) is 0 Å². The molecule has 6 nitrogen and oxygen atoms in total. The summed E-state index contributed by atoms with van der Waals surface area (Å²) in [5.41, 5.74) is 6.17. The van der Waals surface area contributed by atoms with Gasteiger partial charge < -0.3 is 10.5 Å². The Hall–Kier alpha value is -2.28. The largest absolute Gasteiger partial charge is 0.492 e. The van der Waals surface area contributed by atoms with Gasteiger partial charge in [-0.25, -0.2) is 13.4 Å². The summed E-state index contributed by atoms with van der Waals surface area (Å²) < 4.78 is 31.3. The van der Waals surface area contributed by atoms with Crippen LogP contribution in [0.5, 0.6) is 5.75 Å². The molecule has 0 atom stereocenters. The fraction of sp³-hybridized carbons (Fsp3) is 0.154. The van der Waals surface area contributed by atoms with Crippen molar-refractivity contribution in [2.75, 3.05) is 22.8 Å². The van der Waals surface area contributed by atoms with Gasteiger partial charge in [0.15, 0.2) is 0 Å². The van der Waals surface area contributed by atoms with E-state index in [1.165, 1.54) is 6.20 Å². The van der Waals surface area contributed by atoms with Crippen molar-refractivity contribution < 1.29 is 13.2 Å². The number of ether oxygens (including phenoxy) is 1. The molecule has 1 aromatic heterocycles. The maximum atomic E-state index is 11.8. The number of benzene rings is 1. The fourth-order valence-electron chi connectivity index (χ4n) is 1.47. The maximum Gasteiger partial charge on any atom is 0.237 e. The first-order valence-corrected chi connectivity index (χ1v) is 7.60. The van der Waals surface area contributed by atoms with Crippen molar-refractivity contribution in [3.8, 4) is 5.75 Å². The normalized spacial score (nSPS) is 11.0. The molecule has 0 saturated carbocycles. The van der Waals surface area contributed by atoms with Crippen molar-refractivity contribution in [2.24, 2.45) is 0 Å². The van der Waals surface area contributed by atoms with Crippen LogP contribution in [0.1, 0.15) is 0 Å². The Bertz CT molecular complexity index is 642. The number of hydrogen-bond donors (Lipinski definition) is 2. The van der Waals surface area contributed by atoms with Crippen LogP contribution in [0.2, 0.25) is 0 Å². The minimum absolute atomic E-state index is 0.0477. The van der Waals surface area contributed by atoms with Gasteiger partial charge in [-0.2, -0.15) is 0 Å². The average Bonchev–Trinajstić information content (AvgIpc) is 2.41. The number of sulfonamides is 1. The van der Waals surface area contributed by atoms with E-state index < -0.39 is 10.0 Å². The van der Waals surface area contributed by atoms with Crippen LogP contribution >= 0.6 is 0 Å². The van der Waals surface area contributed by atoms with E-state index >= 15 is 0 Å². The topological polar surface area (TPSA) is 94.3 Å². The summed E-state index contributed by atoms with van der Waals surface area (Å²) in [7, 11) is -3.48. The van der Waals surface area contributed by atoms with Gasteiger partial charge in [-0.1, -0.05) is 6.07 Å². The maximum absolute atomic E-state index is 11.8. The van der Waals surface area contributed by atoms with Gasteiger partial charge in [0.25, 0.3) is 0 Å². The Labute approximate surface area is 117 Å². The molecule has 0 aliphatic rings. The van der Waals surface area contributed by atoms with Crippen molar-refractivity contribution >= 4 is 21.5 Å². The van der Waals surface area contributed by atoms with Crippen LogP contribution in [0.15, 0.2) is 48.7 Å². The number of aromatic nitrogens is 1. The van der Waals surface area contributed by atoms with E-state index in [9.17, 15) is 8.42 Å². The molecular weight excluding hydrogens is 278 g/mol. The number of anilines is 2. The van der Waals surface area contributed by atoms with Crippen LogP contribution in [-0.4, -0.2) is 25.8 Å². The van der Waals surface area contributed by atoms with Gasteiger partial charge in [0, 0.05) is 11.9 Å². The van der Waals surface area contributed by atoms with Gasteiger partial charge in [0.1, 0.15) is 23.9 Å². The predicted octanol–water partition coefficient (Wildman–Crippen LogP) is 1.48. The number of nitrogen functional groups attached to an aromatic ring is 1. The molecule has 0 fully saturated rings. The Morgan fingerprint density at radius 1 is 1.15 bits per heavy atom. The van der Waals surface area contributed by atoms with Gasteiger partial charge in [0.2, 0.25) is 10.0 Å². The molecule has 3 N–H and O–H groups in total. The second-order valence-corrected chi connectivity index (χ2v) is 5.90. The number of hydrogen-bond acceptors (Lipinski definition) is 5. The average molecular weight is 293 g/mol. The molecule has 0 spiro atoms. The molecule has 0 bridgehead atoms. The SMILES string of the molecule is Nc1ccc(OCCS(=O)(=O)Nc2ccccn2)cc1. The van der Waals surface area contributed by atoms with Crippen LogP contribution in [0.3, 0.4) is 0 Å². The summed E-state index contributed by atoms with van der Waals surface area (Å²) in [5, 5.41) is 0. The number of nitrogens with two attached hydrogens (primary N) is 1. The van der Waals surface area contributed by atoms with Gasteiger partial charge in [-0.3, -0.25) is 4.72 Å². The van der Waals surface area contributed by atoms with Gasteiger partial charge >= 0.3 is 0 Å². The van der Waals surface area contributed by atoms with Crippen molar-refractivity contribution in [1.82, 2.24) is 4.98 Å². The summed E-state index contributed by atoms with van der Waals surface area (Å²) in [6.07, 6.45) is 1.52. The molecule has 20 heavy (non-hydrogen) atoms. The standard InChI is InChI=1S/C13H15N3O3S/c14-11-4-6-12(7-5-11)19-9-10-20(17,18)16-13-3-1-2-8-15-13/h1-8H,9-10,14H2,(H,15,16). The highest BCUT2D eigenvalue weighted by Gasteiger charge is 2.11. The van der Waals surface area contributed by atoms with Crippen LogP contribution in [0.4, 0.5) is 11.5 Å². The number of nitrogens with zero attached hydrogens (tertiary/aromatic N) is 1. The van der Waals surface area contributed by atoms with E-state index in [0.717, 1.165) is 0 Å². The van der Waals surface area contributed by atoms with Crippen molar-refractivity contribution in [2.45, 2.75) is 0 Å². The smallest absolute Gasteiger partial charge is 0.237 e. The Morgan fingerprint density at radius 3 is 2.55 bits per heavy atom. The molecule has 0 saturated heterocycles. The molecule has 0 aliphatic carbocycles. The summed E-state index contributed by atoms with van der Waals surface area (Å²) in [6.45, 7) is 0.0477. The third kappa shape index (κ3) is 4.43. The van der Waals surface area contributed by atoms with Crippen LogP contribution in [-0.2, 0) is 10.0 Å². The molecule has 7 heteroatoms. The van der Waals surface area contributed by atoms with E-state index in [1.807, 2.05) is 0 Å². The Balaban J connectivity index is 1.85. The molecular formula is C13H15N3O3S. The van der Waals surface area contributed by atoms with E-state index in [-0.39, 0.29) is 12.4 Å². The molecule has 0 unspecified atom stereocenters. The second-order valence-electron chi connectivity index (χ2n) is 4.05. The fourth-order valence-corrected chi connectivity index (χ4v) is 2.31. The lowest BCUT2D eigenvalue weighted by molar-refractivity contribution is 0.341. The zero-order valence-electron chi connectivity index (χ0n) is 10.7. The third-order valence-corrected chi connectivity index (χ3v) is 3.65. The summed E-state index contributed by atoms with van der Waals surface area (Å²) in [6, 6.07) is 11.8. The number of nitrogens with one attached hydrogen (secondary N) is 1. The molecule has 0 aliphatic heterocycles. The van der Waals surface area contributed by atoms with E-state index in [4.69, 9.17) is 10.5 Å². The third-order valence-electron chi connectivity index (χ3n) is 2.43. The van der Waals surface area contributed by atoms with Crippen LogP contribution in [0.25, 0.3) is 0 Å². The minimum atomic E-state index is -3.48. The lowest BCUT2D eigenvalue weighted by Gasteiger charge is -2.08. The molecule has 0 amide bonds. The number of pyridine rings is 1.